The maximum absolute atomic E-state index is 7.22. The van der Waals surface area contributed by atoms with Gasteiger partial charge < -0.3 is 16.9 Å². The average molecular weight is 230 g/mol. The second kappa shape index (κ2) is 5.84. The molecule has 5 N–H and O–H groups in total. The molecule has 0 aromatic heterocycles. The highest BCUT2D eigenvalue weighted by Crippen LogP contribution is 2.19. The largest absolute Gasteiger partial charge is 0.398 e. The number of nitrogen functional groups attached to an aromatic ring is 1. The number of benzene rings is 1. The van der Waals surface area contributed by atoms with Gasteiger partial charge in [0.25, 0.3) is 0 Å². The Morgan fingerprint density at radius 1 is 1.47 bits per heavy atom. The molecule has 0 spiro atoms. The van der Waals surface area contributed by atoms with Crippen LogP contribution in [0.2, 0.25) is 0 Å². The highest BCUT2D eigenvalue weighted by atomic mass is 14.9. The molecule has 0 aliphatic carbocycles. The van der Waals surface area contributed by atoms with Gasteiger partial charge in [0, 0.05) is 17.5 Å². The zero-order valence-corrected chi connectivity index (χ0v) is 10.2. The van der Waals surface area contributed by atoms with Crippen molar-refractivity contribution in [1.82, 2.24) is 0 Å². The van der Waals surface area contributed by atoms with Gasteiger partial charge >= 0.3 is 0 Å². The summed E-state index contributed by atoms with van der Waals surface area (Å²) >= 11 is 0. The average Bonchev–Trinajstić information content (AvgIpc) is 2.31. The van der Waals surface area contributed by atoms with Gasteiger partial charge in [0.15, 0.2) is 0 Å². The van der Waals surface area contributed by atoms with E-state index in [2.05, 4.69) is 4.99 Å². The van der Waals surface area contributed by atoms with Gasteiger partial charge in [-0.1, -0.05) is 13.0 Å². The molecule has 0 aliphatic rings. The van der Waals surface area contributed by atoms with Crippen molar-refractivity contribution in [3.63, 3.8) is 0 Å². The summed E-state index contributed by atoms with van der Waals surface area (Å²) in [6, 6.07) is 5.26. The molecular formula is C13H18N4. The van der Waals surface area contributed by atoms with Crippen LogP contribution in [0.5, 0.6) is 0 Å². The van der Waals surface area contributed by atoms with Crippen LogP contribution >= 0.6 is 0 Å². The van der Waals surface area contributed by atoms with Crippen molar-refractivity contribution in [3.8, 4) is 0 Å². The van der Waals surface area contributed by atoms with Crippen molar-refractivity contribution in [3.05, 3.63) is 35.4 Å². The SMILES string of the molecule is CC/C=C(/C)C(N)=Nc1ccc(N)c(C=N)c1. The lowest BCUT2D eigenvalue weighted by Crippen LogP contribution is -2.12. The Balaban J connectivity index is 3.06. The first-order valence-corrected chi connectivity index (χ1v) is 5.49. The number of hydrogen-bond donors (Lipinski definition) is 3. The summed E-state index contributed by atoms with van der Waals surface area (Å²) in [6.07, 6.45) is 4.16. The number of allylic oxidation sites excluding steroid dienone is 1. The van der Waals surface area contributed by atoms with Crippen LogP contribution in [0.1, 0.15) is 25.8 Å². The van der Waals surface area contributed by atoms with E-state index in [-0.39, 0.29) is 0 Å². The van der Waals surface area contributed by atoms with Gasteiger partial charge in [-0.2, -0.15) is 0 Å². The van der Waals surface area contributed by atoms with Crippen LogP contribution in [0.15, 0.2) is 34.8 Å². The number of nitrogens with zero attached hydrogens (tertiary/aromatic N) is 1. The second-order valence-electron chi connectivity index (χ2n) is 3.75. The van der Waals surface area contributed by atoms with Crippen LogP contribution in [0.3, 0.4) is 0 Å². The van der Waals surface area contributed by atoms with Crippen molar-refractivity contribution < 1.29 is 0 Å². The molecule has 90 valence electrons. The molecule has 1 aromatic rings. The van der Waals surface area contributed by atoms with Gasteiger partial charge in [-0.25, -0.2) is 4.99 Å². The molecule has 0 radical (unpaired) electrons. The molecule has 17 heavy (non-hydrogen) atoms. The van der Waals surface area contributed by atoms with Gasteiger partial charge in [-0.15, -0.1) is 0 Å². The molecule has 4 heteroatoms. The molecule has 0 atom stereocenters. The smallest absolute Gasteiger partial charge is 0.126 e. The van der Waals surface area contributed by atoms with Gasteiger partial charge in [0.2, 0.25) is 0 Å². The molecule has 1 rings (SSSR count). The van der Waals surface area contributed by atoms with E-state index in [1.54, 1.807) is 18.2 Å². The maximum atomic E-state index is 7.22. The highest BCUT2D eigenvalue weighted by molar-refractivity contribution is 5.98. The molecule has 1 aromatic carbocycles. The molecule has 0 aliphatic heterocycles. The van der Waals surface area contributed by atoms with Crippen LogP contribution in [-0.4, -0.2) is 12.1 Å². The lowest BCUT2D eigenvalue weighted by Gasteiger charge is -2.03. The minimum atomic E-state index is 0.493. The van der Waals surface area contributed by atoms with Crippen LogP contribution < -0.4 is 11.5 Å². The molecule has 0 heterocycles. The molecule has 0 unspecified atom stereocenters. The molecule has 0 amide bonds. The Morgan fingerprint density at radius 2 is 2.18 bits per heavy atom. The Labute approximate surface area is 102 Å². The fourth-order valence-electron chi connectivity index (χ4n) is 1.39. The standard InChI is InChI=1S/C13H18N4/c1-3-4-9(2)13(16)17-11-5-6-12(15)10(7-11)8-14/h4-8,14H,3,15H2,1-2H3,(H2,16,17)/b9-4-,14-8?. The number of aliphatic imine (C=N–C) groups is 1. The predicted molar refractivity (Wildman–Crippen MR) is 74.1 cm³/mol. The quantitative estimate of drug-likeness (QED) is 0.421. The number of hydrogen-bond acceptors (Lipinski definition) is 3. The lowest BCUT2D eigenvalue weighted by molar-refractivity contribution is 1.20. The Bertz CT molecular complexity index is 472. The topological polar surface area (TPSA) is 88.2 Å². The number of nitrogens with two attached hydrogens (primary N) is 2. The molecule has 0 saturated heterocycles. The van der Waals surface area contributed by atoms with Gasteiger partial charge in [-0.3, -0.25) is 0 Å². The summed E-state index contributed by atoms with van der Waals surface area (Å²) < 4.78 is 0. The normalized spacial score (nSPS) is 12.6. The zero-order chi connectivity index (χ0) is 12.8. The molecule has 0 saturated carbocycles. The van der Waals surface area contributed by atoms with E-state index in [0.29, 0.717) is 22.8 Å². The summed E-state index contributed by atoms with van der Waals surface area (Å²) in [5.74, 6) is 0.493. The maximum Gasteiger partial charge on any atom is 0.126 e. The van der Waals surface area contributed by atoms with E-state index in [4.69, 9.17) is 16.9 Å². The Hall–Kier alpha value is -2.10. The fourth-order valence-corrected chi connectivity index (χ4v) is 1.39. The first kappa shape index (κ1) is 13.0. The summed E-state index contributed by atoms with van der Waals surface area (Å²) in [6.45, 7) is 3.98. The summed E-state index contributed by atoms with van der Waals surface area (Å²) in [5.41, 5.74) is 14.4. The van der Waals surface area contributed by atoms with Crippen LogP contribution in [0, 0.1) is 5.41 Å². The van der Waals surface area contributed by atoms with E-state index < -0.39 is 0 Å². The first-order valence-electron chi connectivity index (χ1n) is 5.49. The molecule has 0 fully saturated rings. The first-order chi connectivity index (χ1) is 8.08. The molecule has 4 nitrogen and oxygen atoms in total. The zero-order valence-electron chi connectivity index (χ0n) is 10.2. The van der Waals surface area contributed by atoms with E-state index >= 15 is 0 Å². The third-order valence-electron chi connectivity index (χ3n) is 2.39. The monoisotopic (exact) mass is 230 g/mol. The second-order valence-corrected chi connectivity index (χ2v) is 3.75. The van der Waals surface area contributed by atoms with E-state index in [1.807, 2.05) is 19.9 Å². The van der Waals surface area contributed by atoms with Gasteiger partial charge in [0.05, 0.1) is 5.69 Å². The third kappa shape index (κ3) is 3.45. The van der Waals surface area contributed by atoms with E-state index in [0.717, 1.165) is 12.0 Å². The van der Waals surface area contributed by atoms with Crippen molar-refractivity contribution in [2.75, 3.05) is 5.73 Å². The Morgan fingerprint density at radius 3 is 2.76 bits per heavy atom. The minimum absolute atomic E-state index is 0.493. The number of rotatable bonds is 4. The van der Waals surface area contributed by atoms with Crippen molar-refractivity contribution in [2.45, 2.75) is 20.3 Å². The number of amidine groups is 1. The van der Waals surface area contributed by atoms with Crippen LogP contribution in [0.25, 0.3) is 0 Å². The summed E-state index contributed by atoms with van der Waals surface area (Å²) in [4.78, 5) is 4.29. The van der Waals surface area contributed by atoms with Gasteiger partial charge in [0.1, 0.15) is 5.84 Å². The van der Waals surface area contributed by atoms with Crippen molar-refractivity contribution in [2.24, 2.45) is 10.7 Å². The summed E-state index contributed by atoms with van der Waals surface area (Å²) in [7, 11) is 0. The van der Waals surface area contributed by atoms with Gasteiger partial charge in [-0.05, 0) is 37.1 Å². The van der Waals surface area contributed by atoms with Crippen LogP contribution in [0.4, 0.5) is 11.4 Å². The predicted octanol–water partition coefficient (Wildman–Crippen LogP) is 2.61. The Kier molecular flexibility index (Phi) is 4.46. The van der Waals surface area contributed by atoms with Crippen molar-refractivity contribution in [1.29, 1.82) is 5.41 Å². The van der Waals surface area contributed by atoms with E-state index in [1.165, 1.54) is 6.21 Å². The lowest BCUT2D eigenvalue weighted by atomic mass is 10.1. The van der Waals surface area contributed by atoms with Crippen molar-refractivity contribution >= 4 is 23.4 Å². The number of nitrogens with one attached hydrogen (secondary N) is 1. The summed E-state index contributed by atoms with van der Waals surface area (Å²) in [5, 5.41) is 7.22. The minimum Gasteiger partial charge on any atom is -0.398 e. The third-order valence-corrected chi connectivity index (χ3v) is 2.39. The highest BCUT2D eigenvalue weighted by Gasteiger charge is 2.00. The number of anilines is 1. The molecule has 0 bridgehead atoms. The van der Waals surface area contributed by atoms with E-state index in [9.17, 15) is 0 Å². The fraction of sp³-hybridized carbons (Fsp3) is 0.231. The molecular weight excluding hydrogens is 212 g/mol. The van der Waals surface area contributed by atoms with Crippen LogP contribution in [-0.2, 0) is 0 Å².